The van der Waals surface area contributed by atoms with E-state index in [1.165, 1.54) is 0 Å². The standard InChI is InChI=1S/C18H18N8O2/c27-18-17(24-9-8-22-23-24)25(14-2-1-5-19-12-14)15-16(21-7-6-20-15)26(18)13-3-10-28-11-4-13/h1-2,5-9,12-13,17H,3-4,10-11H2. The van der Waals surface area contributed by atoms with Gasteiger partial charge in [0.2, 0.25) is 6.17 Å². The van der Waals surface area contributed by atoms with Crippen molar-refractivity contribution in [2.45, 2.75) is 25.0 Å². The van der Waals surface area contributed by atoms with Crippen molar-refractivity contribution >= 4 is 23.2 Å². The Balaban J connectivity index is 1.69. The van der Waals surface area contributed by atoms with Gasteiger partial charge in [0.25, 0.3) is 5.91 Å². The number of hydrogen-bond donors (Lipinski definition) is 0. The number of ether oxygens (including phenoxy) is 1. The fourth-order valence-corrected chi connectivity index (χ4v) is 3.75. The molecule has 0 radical (unpaired) electrons. The summed E-state index contributed by atoms with van der Waals surface area (Å²) in [6.45, 7) is 1.23. The Bertz CT molecular complexity index is 959. The van der Waals surface area contributed by atoms with E-state index in [0.29, 0.717) is 24.8 Å². The fourth-order valence-electron chi connectivity index (χ4n) is 3.75. The molecule has 1 atom stereocenters. The van der Waals surface area contributed by atoms with Crippen molar-refractivity contribution in [1.82, 2.24) is 29.9 Å². The fraction of sp³-hybridized carbons (Fsp3) is 0.333. The predicted molar refractivity (Wildman–Crippen MR) is 98.8 cm³/mol. The van der Waals surface area contributed by atoms with Crippen LogP contribution in [-0.2, 0) is 9.53 Å². The first-order valence-corrected chi connectivity index (χ1v) is 9.11. The number of carbonyl (C=O) groups excluding carboxylic acids is 1. The monoisotopic (exact) mass is 378 g/mol. The zero-order chi connectivity index (χ0) is 18.9. The predicted octanol–water partition coefficient (Wildman–Crippen LogP) is 1.33. The molecule has 5 heterocycles. The van der Waals surface area contributed by atoms with Gasteiger partial charge in [-0.25, -0.2) is 14.6 Å². The molecule has 1 saturated heterocycles. The molecule has 10 nitrogen and oxygen atoms in total. The molecule has 1 amide bonds. The molecule has 0 saturated carbocycles. The third-order valence-electron chi connectivity index (χ3n) is 4.99. The lowest BCUT2D eigenvalue weighted by Crippen LogP contribution is -2.54. The van der Waals surface area contributed by atoms with E-state index in [2.05, 4.69) is 25.3 Å². The summed E-state index contributed by atoms with van der Waals surface area (Å²) in [6, 6.07) is 3.70. The summed E-state index contributed by atoms with van der Waals surface area (Å²) in [5.41, 5.74) is 0.727. The summed E-state index contributed by atoms with van der Waals surface area (Å²) < 4.78 is 7.02. The summed E-state index contributed by atoms with van der Waals surface area (Å²) in [4.78, 5) is 30.6. The molecule has 142 valence electrons. The number of carbonyl (C=O) groups is 1. The van der Waals surface area contributed by atoms with E-state index >= 15 is 0 Å². The molecule has 5 rings (SSSR count). The van der Waals surface area contributed by atoms with Crippen molar-refractivity contribution in [3.05, 3.63) is 49.3 Å². The van der Waals surface area contributed by atoms with Crippen molar-refractivity contribution in [2.75, 3.05) is 23.0 Å². The zero-order valence-corrected chi connectivity index (χ0v) is 15.0. The third kappa shape index (κ3) is 2.69. The Labute approximate surface area is 160 Å². The molecule has 0 aromatic carbocycles. The van der Waals surface area contributed by atoms with Gasteiger partial charge in [-0.2, -0.15) is 0 Å². The SMILES string of the molecule is O=C1C(n2ccnn2)N(c2cccnc2)c2nccnc2N1C1CCOCC1. The molecule has 3 aromatic rings. The van der Waals surface area contributed by atoms with Crippen LogP contribution in [0.25, 0.3) is 0 Å². The molecular formula is C18H18N8O2. The van der Waals surface area contributed by atoms with Crippen LogP contribution in [-0.4, -0.2) is 55.1 Å². The summed E-state index contributed by atoms with van der Waals surface area (Å²) in [5, 5.41) is 8.00. The van der Waals surface area contributed by atoms with Crippen molar-refractivity contribution in [1.29, 1.82) is 0 Å². The lowest BCUT2D eigenvalue weighted by atomic mass is 10.0. The number of amides is 1. The smallest absolute Gasteiger partial charge is 0.274 e. The highest BCUT2D eigenvalue weighted by Crippen LogP contribution is 2.42. The van der Waals surface area contributed by atoms with Gasteiger partial charge in [-0.05, 0) is 25.0 Å². The highest BCUT2D eigenvalue weighted by Gasteiger charge is 2.45. The van der Waals surface area contributed by atoms with Crippen LogP contribution in [0.5, 0.6) is 0 Å². The van der Waals surface area contributed by atoms with Crippen LogP contribution in [0.2, 0.25) is 0 Å². The normalized spacial score (nSPS) is 20.3. The third-order valence-corrected chi connectivity index (χ3v) is 4.99. The van der Waals surface area contributed by atoms with Gasteiger partial charge in [0.1, 0.15) is 0 Å². The molecule has 0 aliphatic carbocycles. The van der Waals surface area contributed by atoms with E-state index in [9.17, 15) is 4.79 Å². The van der Waals surface area contributed by atoms with Crippen LogP contribution in [0.3, 0.4) is 0 Å². The van der Waals surface area contributed by atoms with Crippen molar-refractivity contribution < 1.29 is 9.53 Å². The molecule has 1 unspecified atom stereocenters. The first-order valence-electron chi connectivity index (χ1n) is 9.11. The first-order chi connectivity index (χ1) is 13.8. The summed E-state index contributed by atoms with van der Waals surface area (Å²) in [7, 11) is 0. The van der Waals surface area contributed by atoms with Crippen molar-refractivity contribution in [2.24, 2.45) is 0 Å². The minimum atomic E-state index is -0.765. The van der Waals surface area contributed by atoms with Crippen molar-refractivity contribution in [3.8, 4) is 0 Å². The Hall–Kier alpha value is -3.40. The molecule has 2 aliphatic heterocycles. The number of nitrogens with zero attached hydrogens (tertiary/aromatic N) is 8. The topological polar surface area (TPSA) is 102 Å². The van der Waals surface area contributed by atoms with Gasteiger partial charge in [-0.1, -0.05) is 5.21 Å². The maximum Gasteiger partial charge on any atom is 0.274 e. The molecular weight excluding hydrogens is 360 g/mol. The first kappa shape index (κ1) is 16.8. The van der Waals surface area contributed by atoms with E-state index in [0.717, 1.165) is 18.5 Å². The van der Waals surface area contributed by atoms with E-state index in [-0.39, 0.29) is 11.9 Å². The molecule has 1 fully saturated rings. The maximum atomic E-state index is 13.7. The minimum absolute atomic E-state index is 0.00114. The molecule has 10 heteroatoms. The van der Waals surface area contributed by atoms with Gasteiger partial charge in [0, 0.05) is 44.0 Å². The van der Waals surface area contributed by atoms with Crippen LogP contribution in [0.4, 0.5) is 17.3 Å². The number of hydrogen-bond acceptors (Lipinski definition) is 8. The van der Waals surface area contributed by atoms with Crippen LogP contribution >= 0.6 is 0 Å². The van der Waals surface area contributed by atoms with Gasteiger partial charge in [0.05, 0.1) is 18.1 Å². The number of aromatic nitrogens is 6. The van der Waals surface area contributed by atoms with E-state index < -0.39 is 6.17 Å². The largest absolute Gasteiger partial charge is 0.381 e. The average Bonchev–Trinajstić information content (AvgIpc) is 3.28. The lowest BCUT2D eigenvalue weighted by molar-refractivity contribution is -0.123. The van der Waals surface area contributed by atoms with Crippen LogP contribution < -0.4 is 9.80 Å². The van der Waals surface area contributed by atoms with E-state index in [1.807, 2.05) is 17.0 Å². The average molecular weight is 378 g/mol. The number of anilines is 3. The molecule has 3 aromatic heterocycles. The molecule has 0 bridgehead atoms. The molecule has 28 heavy (non-hydrogen) atoms. The quantitative estimate of drug-likeness (QED) is 0.672. The van der Waals surface area contributed by atoms with Gasteiger partial charge in [-0.3, -0.25) is 19.6 Å². The van der Waals surface area contributed by atoms with E-state index in [1.54, 1.807) is 46.8 Å². The molecule has 0 spiro atoms. The zero-order valence-electron chi connectivity index (χ0n) is 15.0. The van der Waals surface area contributed by atoms with E-state index in [4.69, 9.17) is 4.74 Å². The summed E-state index contributed by atoms with van der Waals surface area (Å²) >= 11 is 0. The number of pyridine rings is 1. The Morgan fingerprint density at radius 1 is 1.00 bits per heavy atom. The summed E-state index contributed by atoms with van der Waals surface area (Å²) in [5.74, 6) is 0.996. The van der Waals surface area contributed by atoms with Gasteiger partial charge in [-0.15, -0.1) is 5.10 Å². The van der Waals surface area contributed by atoms with Crippen molar-refractivity contribution in [3.63, 3.8) is 0 Å². The van der Waals surface area contributed by atoms with Crippen LogP contribution in [0.15, 0.2) is 49.3 Å². The lowest BCUT2D eigenvalue weighted by Gasteiger charge is -2.44. The second kappa shape index (κ2) is 6.97. The highest BCUT2D eigenvalue weighted by molar-refractivity contribution is 6.04. The Morgan fingerprint density at radius 3 is 2.46 bits per heavy atom. The molecule has 0 N–H and O–H groups in total. The Morgan fingerprint density at radius 2 is 1.79 bits per heavy atom. The summed E-state index contributed by atoms with van der Waals surface area (Å²) in [6.07, 6.45) is 10.6. The minimum Gasteiger partial charge on any atom is -0.381 e. The number of rotatable bonds is 3. The van der Waals surface area contributed by atoms with Gasteiger partial charge >= 0.3 is 0 Å². The molecule has 2 aliphatic rings. The van der Waals surface area contributed by atoms with Gasteiger partial charge < -0.3 is 4.74 Å². The van der Waals surface area contributed by atoms with Crippen LogP contribution in [0, 0.1) is 0 Å². The second-order valence-corrected chi connectivity index (χ2v) is 6.59. The highest BCUT2D eigenvalue weighted by atomic mass is 16.5. The maximum absolute atomic E-state index is 13.7. The number of fused-ring (bicyclic) bond motifs is 1. The Kier molecular flexibility index (Phi) is 4.17. The van der Waals surface area contributed by atoms with Gasteiger partial charge in [0.15, 0.2) is 11.6 Å². The second-order valence-electron chi connectivity index (χ2n) is 6.59. The van der Waals surface area contributed by atoms with Crippen LogP contribution in [0.1, 0.15) is 19.0 Å².